The van der Waals surface area contributed by atoms with Gasteiger partial charge in [-0.15, -0.1) is 0 Å². The van der Waals surface area contributed by atoms with E-state index in [0.717, 1.165) is 24.3 Å². The molecule has 1 fully saturated rings. The summed E-state index contributed by atoms with van der Waals surface area (Å²) in [6.07, 6.45) is 3.01. The van der Waals surface area contributed by atoms with E-state index in [9.17, 15) is 9.59 Å². The van der Waals surface area contributed by atoms with Crippen molar-refractivity contribution in [2.24, 2.45) is 5.92 Å². The van der Waals surface area contributed by atoms with Crippen LogP contribution in [0, 0.1) is 12.8 Å². The number of carbonyl (C=O) groups excluding carboxylic acids is 2. The van der Waals surface area contributed by atoms with E-state index in [-0.39, 0.29) is 17.7 Å². The second-order valence-corrected chi connectivity index (χ2v) is 8.18. The Labute approximate surface area is 177 Å². The molecule has 0 radical (unpaired) electrons. The minimum absolute atomic E-state index is 0.119. The van der Waals surface area contributed by atoms with Crippen molar-refractivity contribution in [1.29, 1.82) is 0 Å². The highest BCUT2D eigenvalue weighted by Crippen LogP contribution is 2.26. The summed E-state index contributed by atoms with van der Waals surface area (Å²) in [5.74, 6) is 1.91. The molecule has 1 aliphatic rings. The lowest BCUT2D eigenvalue weighted by atomic mass is 10.1. The minimum atomic E-state index is -0.206. The first-order valence-corrected chi connectivity index (χ1v) is 10.4. The average Bonchev–Trinajstić information content (AvgIpc) is 3.22. The van der Waals surface area contributed by atoms with Gasteiger partial charge in [0.25, 0.3) is 5.91 Å². The predicted molar refractivity (Wildman–Crippen MR) is 114 cm³/mol. The Morgan fingerprint density at radius 2 is 2.13 bits per heavy atom. The maximum atomic E-state index is 12.6. The molecule has 7 heteroatoms. The molecule has 1 saturated heterocycles. The zero-order chi connectivity index (χ0) is 21.7. The van der Waals surface area contributed by atoms with Gasteiger partial charge < -0.3 is 15.0 Å². The fourth-order valence-electron chi connectivity index (χ4n) is 3.64. The van der Waals surface area contributed by atoms with Crippen LogP contribution in [0.2, 0.25) is 0 Å². The van der Waals surface area contributed by atoms with Gasteiger partial charge in [0.05, 0.1) is 18.4 Å². The predicted octanol–water partition coefficient (Wildman–Crippen LogP) is 3.09. The first-order chi connectivity index (χ1) is 14.4. The van der Waals surface area contributed by atoms with Crippen molar-refractivity contribution in [3.05, 3.63) is 53.1 Å². The Kier molecular flexibility index (Phi) is 7.03. The van der Waals surface area contributed by atoms with Gasteiger partial charge >= 0.3 is 0 Å². The fourth-order valence-corrected chi connectivity index (χ4v) is 3.64. The SMILES string of the molecule is COc1cccc(CNC(=O)c2cnc([C@H]3CCN(C(=O)CC(C)C)C3)nc2C)c1. The lowest BCUT2D eigenvalue weighted by molar-refractivity contribution is -0.130. The Bertz CT molecular complexity index is 913. The Morgan fingerprint density at radius 3 is 2.83 bits per heavy atom. The van der Waals surface area contributed by atoms with Gasteiger partial charge in [-0.3, -0.25) is 9.59 Å². The largest absolute Gasteiger partial charge is 0.497 e. The zero-order valence-electron chi connectivity index (χ0n) is 18.1. The summed E-state index contributed by atoms with van der Waals surface area (Å²) < 4.78 is 5.21. The number of aromatic nitrogens is 2. The maximum Gasteiger partial charge on any atom is 0.254 e. The van der Waals surface area contributed by atoms with E-state index in [4.69, 9.17) is 4.74 Å². The Morgan fingerprint density at radius 1 is 1.33 bits per heavy atom. The molecular weight excluding hydrogens is 380 g/mol. The molecule has 0 unspecified atom stereocenters. The number of rotatable bonds is 7. The number of ether oxygens (including phenoxy) is 1. The highest BCUT2D eigenvalue weighted by Gasteiger charge is 2.29. The smallest absolute Gasteiger partial charge is 0.254 e. The molecule has 2 aromatic rings. The van der Waals surface area contributed by atoms with Crippen LogP contribution in [0.15, 0.2) is 30.5 Å². The number of carbonyl (C=O) groups is 2. The molecule has 0 saturated carbocycles. The second-order valence-electron chi connectivity index (χ2n) is 8.18. The minimum Gasteiger partial charge on any atom is -0.497 e. The highest BCUT2D eigenvalue weighted by atomic mass is 16.5. The van der Waals surface area contributed by atoms with E-state index in [1.54, 1.807) is 13.3 Å². The van der Waals surface area contributed by atoms with Crippen molar-refractivity contribution < 1.29 is 14.3 Å². The summed E-state index contributed by atoms with van der Waals surface area (Å²) in [5, 5.41) is 2.91. The van der Waals surface area contributed by atoms with Gasteiger partial charge in [0.2, 0.25) is 5.91 Å². The van der Waals surface area contributed by atoms with E-state index < -0.39 is 0 Å². The van der Waals surface area contributed by atoms with Crippen LogP contribution in [0.3, 0.4) is 0 Å². The summed E-state index contributed by atoms with van der Waals surface area (Å²) in [6.45, 7) is 7.70. The molecule has 3 rings (SSSR count). The molecule has 7 nitrogen and oxygen atoms in total. The van der Waals surface area contributed by atoms with Crippen molar-refractivity contribution >= 4 is 11.8 Å². The molecule has 1 aromatic carbocycles. The quantitative estimate of drug-likeness (QED) is 0.758. The third kappa shape index (κ3) is 5.34. The van der Waals surface area contributed by atoms with Gasteiger partial charge in [0.15, 0.2) is 0 Å². The summed E-state index contributed by atoms with van der Waals surface area (Å²) >= 11 is 0. The molecule has 1 atom stereocenters. The van der Waals surface area contributed by atoms with Gasteiger partial charge in [0, 0.05) is 38.2 Å². The standard InChI is InChI=1S/C23H30N4O3/c1-15(2)10-21(28)27-9-8-18(14-27)22-24-13-20(16(3)26-22)23(29)25-12-17-6-5-7-19(11-17)30-4/h5-7,11,13,15,18H,8-10,12,14H2,1-4H3,(H,25,29)/t18-/m0/s1. The number of nitrogens with zero attached hydrogens (tertiary/aromatic N) is 3. The normalized spacial score (nSPS) is 16.0. The first kappa shape index (κ1) is 21.7. The van der Waals surface area contributed by atoms with Crippen molar-refractivity contribution in [2.75, 3.05) is 20.2 Å². The number of methoxy groups -OCH3 is 1. The van der Waals surface area contributed by atoms with Crippen LogP contribution < -0.4 is 10.1 Å². The molecular formula is C23H30N4O3. The second kappa shape index (κ2) is 9.69. The number of hydrogen-bond acceptors (Lipinski definition) is 5. The number of aryl methyl sites for hydroxylation is 1. The fraction of sp³-hybridized carbons (Fsp3) is 0.478. The summed E-state index contributed by atoms with van der Waals surface area (Å²) in [5.41, 5.74) is 2.07. The summed E-state index contributed by atoms with van der Waals surface area (Å²) in [4.78, 5) is 35.8. The van der Waals surface area contributed by atoms with Gasteiger partial charge in [-0.25, -0.2) is 9.97 Å². The monoisotopic (exact) mass is 410 g/mol. The molecule has 0 bridgehead atoms. The summed E-state index contributed by atoms with van der Waals surface area (Å²) in [7, 11) is 1.61. The molecule has 2 amide bonds. The van der Waals surface area contributed by atoms with E-state index in [1.165, 1.54) is 0 Å². The Hall–Kier alpha value is -2.96. The molecule has 1 aliphatic heterocycles. The van der Waals surface area contributed by atoms with Crippen LogP contribution in [-0.2, 0) is 11.3 Å². The van der Waals surface area contributed by atoms with Crippen molar-refractivity contribution in [2.45, 2.75) is 46.1 Å². The van der Waals surface area contributed by atoms with Crippen molar-refractivity contribution in [3.63, 3.8) is 0 Å². The number of amides is 2. The van der Waals surface area contributed by atoms with E-state index in [2.05, 4.69) is 29.1 Å². The lowest BCUT2D eigenvalue weighted by Crippen LogP contribution is -2.29. The number of benzene rings is 1. The van der Waals surface area contributed by atoms with Gasteiger partial charge in [-0.05, 0) is 37.0 Å². The topological polar surface area (TPSA) is 84.4 Å². The summed E-state index contributed by atoms with van der Waals surface area (Å²) in [6, 6.07) is 7.57. The van der Waals surface area contributed by atoms with Gasteiger partial charge in [-0.2, -0.15) is 0 Å². The molecule has 1 N–H and O–H groups in total. The molecule has 0 spiro atoms. The van der Waals surface area contributed by atoms with E-state index >= 15 is 0 Å². The van der Waals surface area contributed by atoms with Crippen LogP contribution in [0.1, 0.15) is 60.0 Å². The first-order valence-electron chi connectivity index (χ1n) is 10.4. The molecule has 30 heavy (non-hydrogen) atoms. The van der Waals surface area contributed by atoms with Crippen LogP contribution >= 0.6 is 0 Å². The number of likely N-dealkylation sites (tertiary alicyclic amines) is 1. The maximum absolute atomic E-state index is 12.6. The third-order valence-corrected chi connectivity index (χ3v) is 5.32. The van der Waals surface area contributed by atoms with Crippen molar-refractivity contribution in [1.82, 2.24) is 20.2 Å². The van der Waals surface area contributed by atoms with E-state index in [0.29, 0.717) is 42.5 Å². The zero-order valence-corrected chi connectivity index (χ0v) is 18.1. The molecule has 160 valence electrons. The van der Waals surface area contributed by atoms with Crippen LogP contribution in [-0.4, -0.2) is 46.9 Å². The van der Waals surface area contributed by atoms with E-state index in [1.807, 2.05) is 36.1 Å². The van der Waals surface area contributed by atoms with Gasteiger partial charge in [-0.1, -0.05) is 26.0 Å². The van der Waals surface area contributed by atoms with Gasteiger partial charge in [0.1, 0.15) is 11.6 Å². The third-order valence-electron chi connectivity index (χ3n) is 5.32. The molecule has 2 heterocycles. The number of nitrogens with one attached hydrogen (secondary N) is 1. The molecule has 1 aromatic heterocycles. The van der Waals surface area contributed by atoms with Crippen LogP contribution in [0.25, 0.3) is 0 Å². The molecule has 0 aliphatic carbocycles. The Balaban J connectivity index is 1.61. The highest BCUT2D eigenvalue weighted by molar-refractivity contribution is 5.94. The lowest BCUT2D eigenvalue weighted by Gasteiger charge is -2.17. The average molecular weight is 411 g/mol. The van der Waals surface area contributed by atoms with Crippen molar-refractivity contribution in [3.8, 4) is 5.75 Å². The van der Waals surface area contributed by atoms with Crippen LogP contribution in [0.5, 0.6) is 5.75 Å². The number of hydrogen-bond donors (Lipinski definition) is 1. The van der Waals surface area contributed by atoms with Crippen LogP contribution in [0.4, 0.5) is 0 Å².